The third kappa shape index (κ3) is 2.67. The smallest absolute Gasteiger partial charge is 0.352 e. The molecule has 6 nitrogen and oxygen atoms in total. The number of aromatic nitrogens is 2. The molecule has 0 aliphatic carbocycles. The van der Waals surface area contributed by atoms with Gasteiger partial charge in [0.05, 0.1) is 6.42 Å². The number of amides is 1. The van der Waals surface area contributed by atoms with Crippen LogP contribution in [0.3, 0.4) is 0 Å². The van der Waals surface area contributed by atoms with Crippen LogP contribution in [0.1, 0.15) is 16.1 Å². The molecule has 0 spiro atoms. The number of rotatable bonds is 4. The Morgan fingerprint density at radius 2 is 1.91 bits per heavy atom. The van der Waals surface area contributed by atoms with Gasteiger partial charge in [-0.15, -0.1) is 0 Å². The summed E-state index contributed by atoms with van der Waals surface area (Å²) in [6, 6.07) is 12.4. The summed E-state index contributed by atoms with van der Waals surface area (Å²) in [6.07, 6.45) is 1.53. The van der Waals surface area contributed by atoms with E-state index in [-0.39, 0.29) is 18.0 Å². The second kappa shape index (κ2) is 5.69. The topological polar surface area (TPSA) is 95.1 Å². The molecule has 110 valence electrons. The number of carboxylic acid groups (broad SMARTS) is 1. The standard InChI is InChI=1S/C16H13N3O3/c20-14(19-13-7-3-4-8-17-13)9-11-10-5-1-2-6-12(10)18-15(11)16(21)22/h1-8,18H,9H2,(H,21,22)(H,17,19,20). The van der Waals surface area contributed by atoms with E-state index in [0.29, 0.717) is 16.9 Å². The van der Waals surface area contributed by atoms with Crippen LogP contribution in [0.2, 0.25) is 0 Å². The zero-order valence-electron chi connectivity index (χ0n) is 11.5. The molecule has 0 bridgehead atoms. The largest absolute Gasteiger partial charge is 0.477 e. The monoisotopic (exact) mass is 295 g/mol. The number of para-hydroxylation sites is 1. The predicted molar refractivity (Wildman–Crippen MR) is 81.8 cm³/mol. The van der Waals surface area contributed by atoms with Gasteiger partial charge in [0, 0.05) is 22.7 Å². The fraction of sp³-hybridized carbons (Fsp3) is 0.0625. The molecule has 0 saturated heterocycles. The molecule has 2 aromatic heterocycles. The van der Waals surface area contributed by atoms with Crippen molar-refractivity contribution in [2.24, 2.45) is 0 Å². The lowest BCUT2D eigenvalue weighted by molar-refractivity contribution is -0.115. The third-order valence-electron chi connectivity index (χ3n) is 3.30. The summed E-state index contributed by atoms with van der Waals surface area (Å²) in [5, 5.41) is 12.7. The van der Waals surface area contributed by atoms with E-state index >= 15 is 0 Å². The van der Waals surface area contributed by atoms with Gasteiger partial charge >= 0.3 is 5.97 Å². The van der Waals surface area contributed by atoms with Crippen LogP contribution in [0.25, 0.3) is 10.9 Å². The first-order valence-electron chi connectivity index (χ1n) is 6.69. The van der Waals surface area contributed by atoms with Crippen LogP contribution in [0.15, 0.2) is 48.7 Å². The number of nitrogens with zero attached hydrogens (tertiary/aromatic N) is 1. The van der Waals surface area contributed by atoms with Crippen LogP contribution >= 0.6 is 0 Å². The Morgan fingerprint density at radius 1 is 1.14 bits per heavy atom. The van der Waals surface area contributed by atoms with Gasteiger partial charge in [0.2, 0.25) is 5.91 Å². The van der Waals surface area contributed by atoms with Gasteiger partial charge in [0.1, 0.15) is 11.5 Å². The average Bonchev–Trinajstić information content (AvgIpc) is 2.87. The van der Waals surface area contributed by atoms with E-state index < -0.39 is 5.97 Å². The highest BCUT2D eigenvalue weighted by Crippen LogP contribution is 2.23. The fourth-order valence-electron chi connectivity index (χ4n) is 2.35. The predicted octanol–water partition coefficient (Wildman–Crippen LogP) is 2.44. The number of aromatic amines is 1. The number of anilines is 1. The molecule has 1 amide bonds. The van der Waals surface area contributed by atoms with Crippen molar-refractivity contribution in [3.8, 4) is 0 Å². The molecule has 1 aromatic carbocycles. The summed E-state index contributed by atoms with van der Waals surface area (Å²) in [4.78, 5) is 30.3. The average molecular weight is 295 g/mol. The maximum absolute atomic E-state index is 12.1. The molecule has 0 aliphatic rings. The number of carbonyl (C=O) groups is 2. The van der Waals surface area contributed by atoms with Crippen molar-refractivity contribution in [1.29, 1.82) is 0 Å². The Morgan fingerprint density at radius 3 is 2.64 bits per heavy atom. The van der Waals surface area contributed by atoms with Crippen molar-refractivity contribution in [3.63, 3.8) is 0 Å². The molecule has 0 fully saturated rings. The summed E-state index contributed by atoms with van der Waals surface area (Å²) < 4.78 is 0. The second-order valence-corrected chi connectivity index (χ2v) is 4.77. The van der Waals surface area contributed by atoms with Gasteiger partial charge in [-0.3, -0.25) is 4.79 Å². The van der Waals surface area contributed by atoms with Gasteiger partial charge in [0.15, 0.2) is 0 Å². The van der Waals surface area contributed by atoms with Gasteiger partial charge < -0.3 is 15.4 Å². The highest BCUT2D eigenvalue weighted by atomic mass is 16.4. The number of aromatic carboxylic acids is 1. The number of hydrogen-bond donors (Lipinski definition) is 3. The lowest BCUT2D eigenvalue weighted by Gasteiger charge is -2.04. The Bertz CT molecular complexity index is 840. The minimum Gasteiger partial charge on any atom is -0.477 e. The summed E-state index contributed by atoms with van der Waals surface area (Å²) in [5.74, 6) is -0.966. The van der Waals surface area contributed by atoms with E-state index in [0.717, 1.165) is 5.39 Å². The number of carbonyl (C=O) groups excluding carboxylic acids is 1. The second-order valence-electron chi connectivity index (χ2n) is 4.77. The van der Waals surface area contributed by atoms with Crippen LogP contribution in [0.5, 0.6) is 0 Å². The Kier molecular flexibility index (Phi) is 3.57. The summed E-state index contributed by atoms with van der Waals surface area (Å²) >= 11 is 0. The van der Waals surface area contributed by atoms with Crippen LogP contribution < -0.4 is 5.32 Å². The summed E-state index contributed by atoms with van der Waals surface area (Å²) in [7, 11) is 0. The first kappa shape index (κ1) is 13.8. The normalized spacial score (nSPS) is 10.5. The first-order chi connectivity index (χ1) is 10.6. The lowest BCUT2D eigenvalue weighted by atomic mass is 10.1. The molecule has 0 atom stereocenters. The van der Waals surface area contributed by atoms with Gasteiger partial charge in [-0.1, -0.05) is 24.3 Å². The highest BCUT2D eigenvalue weighted by Gasteiger charge is 2.19. The molecular weight excluding hydrogens is 282 g/mol. The van der Waals surface area contributed by atoms with Crippen molar-refractivity contribution in [3.05, 3.63) is 59.9 Å². The zero-order chi connectivity index (χ0) is 15.5. The van der Waals surface area contributed by atoms with Gasteiger partial charge in [-0.25, -0.2) is 9.78 Å². The number of benzene rings is 1. The minimum atomic E-state index is -1.09. The number of nitrogens with one attached hydrogen (secondary N) is 2. The number of carboxylic acids is 1. The number of hydrogen-bond acceptors (Lipinski definition) is 3. The maximum atomic E-state index is 12.1. The Hall–Kier alpha value is -3.15. The van der Waals surface area contributed by atoms with Crippen molar-refractivity contribution < 1.29 is 14.7 Å². The molecule has 3 rings (SSSR count). The van der Waals surface area contributed by atoms with Crippen molar-refractivity contribution in [2.75, 3.05) is 5.32 Å². The van der Waals surface area contributed by atoms with Gasteiger partial charge in [0.25, 0.3) is 0 Å². The number of pyridine rings is 1. The maximum Gasteiger partial charge on any atom is 0.352 e. The number of fused-ring (bicyclic) bond motifs is 1. The molecule has 22 heavy (non-hydrogen) atoms. The molecule has 2 heterocycles. The van der Waals surface area contributed by atoms with E-state index in [1.807, 2.05) is 12.1 Å². The van der Waals surface area contributed by atoms with Gasteiger partial charge in [-0.05, 0) is 18.2 Å². The van der Waals surface area contributed by atoms with Crippen LogP contribution in [-0.2, 0) is 11.2 Å². The summed E-state index contributed by atoms with van der Waals surface area (Å²) in [6.45, 7) is 0. The SMILES string of the molecule is O=C(Cc1c(C(=O)O)[nH]c2ccccc12)Nc1ccccn1. The molecule has 0 radical (unpaired) electrons. The fourth-order valence-corrected chi connectivity index (χ4v) is 2.35. The van der Waals surface area contributed by atoms with Crippen LogP contribution in [0.4, 0.5) is 5.82 Å². The zero-order valence-corrected chi connectivity index (χ0v) is 11.5. The molecule has 0 aliphatic heterocycles. The third-order valence-corrected chi connectivity index (χ3v) is 3.30. The molecular formula is C16H13N3O3. The molecule has 0 saturated carbocycles. The van der Waals surface area contributed by atoms with Crippen molar-refractivity contribution in [1.82, 2.24) is 9.97 Å². The first-order valence-corrected chi connectivity index (χ1v) is 6.69. The Labute approximate surface area is 125 Å². The van der Waals surface area contributed by atoms with Crippen molar-refractivity contribution >= 4 is 28.6 Å². The molecule has 3 aromatic rings. The summed E-state index contributed by atoms with van der Waals surface area (Å²) in [5.41, 5.74) is 1.20. The highest BCUT2D eigenvalue weighted by molar-refractivity contribution is 6.02. The van der Waals surface area contributed by atoms with E-state index in [1.54, 1.807) is 36.5 Å². The van der Waals surface area contributed by atoms with E-state index in [9.17, 15) is 14.7 Å². The van der Waals surface area contributed by atoms with Crippen molar-refractivity contribution in [2.45, 2.75) is 6.42 Å². The van der Waals surface area contributed by atoms with E-state index in [1.165, 1.54) is 0 Å². The number of H-pyrrole nitrogens is 1. The minimum absolute atomic E-state index is 0.0392. The van der Waals surface area contributed by atoms with E-state index in [2.05, 4.69) is 15.3 Å². The molecule has 3 N–H and O–H groups in total. The molecule has 0 unspecified atom stereocenters. The molecule has 6 heteroatoms. The van der Waals surface area contributed by atoms with Crippen LogP contribution in [0, 0.1) is 0 Å². The lowest BCUT2D eigenvalue weighted by Crippen LogP contribution is -2.16. The van der Waals surface area contributed by atoms with Gasteiger partial charge in [-0.2, -0.15) is 0 Å². The quantitative estimate of drug-likeness (QED) is 0.689. The van der Waals surface area contributed by atoms with Crippen LogP contribution in [-0.4, -0.2) is 27.0 Å². The Balaban J connectivity index is 1.91. The van der Waals surface area contributed by atoms with E-state index in [4.69, 9.17) is 0 Å².